The minimum absolute atomic E-state index is 0.0583. The van der Waals surface area contributed by atoms with Crippen LogP contribution >= 0.6 is 0 Å². The Morgan fingerprint density at radius 2 is 2.08 bits per heavy atom. The molecule has 1 saturated carbocycles. The Morgan fingerprint density at radius 3 is 2.67 bits per heavy atom. The average molecular weight is 355 g/mol. The zero-order chi connectivity index (χ0) is 17.6. The maximum absolute atomic E-state index is 13.4. The normalized spacial score (nSPS) is 16.7. The van der Waals surface area contributed by atoms with E-state index >= 15 is 0 Å². The van der Waals surface area contributed by atoms with Crippen LogP contribution in [0.4, 0.5) is 4.39 Å². The van der Waals surface area contributed by atoms with Gasteiger partial charge in [0, 0.05) is 24.8 Å². The average Bonchev–Trinajstić information content (AvgIpc) is 3.29. The quantitative estimate of drug-likeness (QED) is 0.424. The lowest BCUT2D eigenvalue weighted by molar-refractivity contribution is 0.598. The number of guanidine groups is 1. The number of benzene rings is 1. The van der Waals surface area contributed by atoms with Crippen molar-refractivity contribution in [1.82, 2.24) is 10.6 Å². The van der Waals surface area contributed by atoms with Crippen LogP contribution in [0, 0.1) is 5.82 Å². The van der Waals surface area contributed by atoms with Crippen LogP contribution in [0.15, 0.2) is 29.3 Å². The van der Waals surface area contributed by atoms with Crippen molar-refractivity contribution in [2.75, 3.05) is 31.6 Å². The van der Waals surface area contributed by atoms with Gasteiger partial charge in [-0.15, -0.1) is 0 Å². The highest BCUT2D eigenvalue weighted by Gasteiger charge is 2.44. The summed E-state index contributed by atoms with van der Waals surface area (Å²) in [6.07, 6.45) is 3.79. The van der Waals surface area contributed by atoms with Crippen molar-refractivity contribution in [2.45, 2.75) is 31.6 Å². The lowest BCUT2D eigenvalue weighted by Gasteiger charge is -2.16. The van der Waals surface area contributed by atoms with E-state index in [-0.39, 0.29) is 17.0 Å². The maximum atomic E-state index is 13.4. The molecule has 0 saturated heterocycles. The SMILES string of the molecule is CCNC(=NCC1(c2cccc(F)c2)CC1)NCCCS(C)(=O)=O. The number of nitrogens with one attached hydrogen (secondary N) is 2. The highest BCUT2D eigenvalue weighted by Crippen LogP contribution is 2.48. The van der Waals surface area contributed by atoms with Crippen molar-refractivity contribution in [1.29, 1.82) is 0 Å². The van der Waals surface area contributed by atoms with Gasteiger partial charge in [-0.2, -0.15) is 0 Å². The maximum Gasteiger partial charge on any atom is 0.191 e. The molecule has 134 valence electrons. The molecule has 1 aliphatic carbocycles. The summed E-state index contributed by atoms with van der Waals surface area (Å²) in [6.45, 7) is 3.85. The molecule has 0 amide bonds. The van der Waals surface area contributed by atoms with Gasteiger partial charge >= 0.3 is 0 Å². The van der Waals surface area contributed by atoms with Crippen LogP contribution in [0.3, 0.4) is 0 Å². The van der Waals surface area contributed by atoms with Gasteiger partial charge in [0.2, 0.25) is 0 Å². The number of halogens is 1. The van der Waals surface area contributed by atoms with Gasteiger partial charge < -0.3 is 10.6 Å². The standard InChI is InChI=1S/C17H26FN3O2S/c1-3-19-16(20-10-5-11-24(2,22)23)21-13-17(8-9-17)14-6-4-7-15(18)12-14/h4,6-7,12H,3,5,8-11,13H2,1-2H3,(H2,19,20,21). The van der Waals surface area contributed by atoms with Crippen molar-refractivity contribution in [3.05, 3.63) is 35.6 Å². The highest BCUT2D eigenvalue weighted by molar-refractivity contribution is 7.90. The third kappa shape index (κ3) is 5.78. The Kier molecular flexibility index (Phi) is 6.21. The van der Waals surface area contributed by atoms with E-state index in [1.807, 2.05) is 13.0 Å². The molecule has 24 heavy (non-hydrogen) atoms. The Morgan fingerprint density at radius 1 is 1.33 bits per heavy atom. The van der Waals surface area contributed by atoms with Gasteiger partial charge in [0.15, 0.2) is 5.96 Å². The van der Waals surface area contributed by atoms with Crippen molar-refractivity contribution in [3.8, 4) is 0 Å². The molecule has 1 aliphatic rings. The van der Waals surface area contributed by atoms with E-state index in [1.54, 1.807) is 12.1 Å². The van der Waals surface area contributed by atoms with Crippen LogP contribution in [0.5, 0.6) is 0 Å². The molecule has 0 aliphatic heterocycles. The van der Waals surface area contributed by atoms with Crippen LogP contribution in [-0.2, 0) is 15.3 Å². The summed E-state index contributed by atoms with van der Waals surface area (Å²) in [7, 11) is -2.94. The second-order valence-corrected chi connectivity index (χ2v) is 8.66. The number of hydrogen-bond donors (Lipinski definition) is 2. The summed E-state index contributed by atoms with van der Waals surface area (Å²) >= 11 is 0. The first-order chi connectivity index (χ1) is 11.3. The molecule has 0 bridgehead atoms. The predicted octanol–water partition coefficient (Wildman–Crippen LogP) is 1.85. The molecule has 0 aromatic heterocycles. The third-order valence-electron chi connectivity index (χ3n) is 4.16. The van der Waals surface area contributed by atoms with Crippen LogP contribution < -0.4 is 10.6 Å². The number of rotatable bonds is 8. The minimum atomic E-state index is -2.94. The summed E-state index contributed by atoms with van der Waals surface area (Å²) in [5.74, 6) is 0.620. The number of nitrogens with zero attached hydrogens (tertiary/aromatic N) is 1. The molecule has 7 heteroatoms. The van der Waals surface area contributed by atoms with Crippen LogP contribution in [-0.4, -0.2) is 46.0 Å². The van der Waals surface area contributed by atoms with Gasteiger partial charge in [0.25, 0.3) is 0 Å². The van der Waals surface area contributed by atoms with Crippen molar-refractivity contribution in [3.63, 3.8) is 0 Å². The Bertz CT molecular complexity index is 685. The molecule has 0 heterocycles. The van der Waals surface area contributed by atoms with E-state index < -0.39 is 9.84 Å². The first-order valence-electron chi connectivity index (χ1n) is 8.31. The summed E-state index contributed by atoms with van der Waals surface area (Å²) in [5.41, 5.74) is 0.941. The van der Waals surface area contributed by atoms with Crippen molar-refractivity contribution >= 4 is 15.8 Å². The molecule has 1 aromatic carbocycles. The van der Waals surface area contributed by atoms with E-state index in [0.717, 1.165) is 24.9 Å². The van der Waals surface area contributed by atoms with Crippen LogP contribution in [0.25, 0.3) is 0 Å². The zero-order valence-corrected chi connectivity index (χ0v) is 15.1. The van der Waals surface area contributed by atoms with Gasteiger partial charge in [0.05, 0.1) is 12.3 Å². The van der Waals surface area contributed by atoms with Gasteiger partial charge in [-0.25, -0.2) is 12.8 Å². The first kappa shape index (κ1) is 18.7. The fourth-order valence-corrected chi connectivity index (χ4v) is 3.29. The molecule has 0 atom stereocenters. The fourth-order valence-electron chi connectivity index (χ4n) is 2.62. The molecule has 0 radical (unpaired) electrons. The number of hydrogen-bond acceptors (Lipinski definition) is 3. The smallest absolute Gasteiger partial charge is 0.191 e. The van der Waals surface area contributed by atoms with Crippen molar-refractivity contribution < 1.29 is 12.8 Å². The Labute approximate surface area is 143 Å². The first-order valence-corrected chi connectivity index (χ1v) is 10.4. The molecule has 2 N–H and O–H groups in total. The van der Waals surface area contributed by atoms with E-state index in [9.17, 15) is 12.8 Å². The van der Waals surface area contributed by atoms with Gasteiger partial charge in [-0.1, -0.05) is 12.1 Å². The molecule has 0 spiro atoms. The lowest BCUT2D eigenvalue weighted by Crippen LogP contribution is -2.38. The molecule has 1 aromatic rings. The molecular weight excluding hydrogens is 329 g/mol. The highest BCUT2D eigenvalue weighted by atomic mass is 32.2. The monoisotopic (exact) mass is 355 g/mol. The number of sulfone groups is 1. The van der Waals surface area contributed by atoms with Gasteiger partial charge in [-0.05, 0) is 43.9 Å². The second kappa shape index (κ2) is 7.96. The molecule has 0 unspecified atom stereocenters. The predicted molar refractivity (Wildman–Crippen MR) is 95.6 cm³/mol. The van der Waals surface area contributed by atoms with Gasteiger partial charge in [0.1, 0.15) is 15.7 Å². The van der Waals surface area contributed by atoms with E-state index in [4.69, 9.17) is 0 Å². The summed E-state index contributed by atoms with van der Waals surface area (Å²) in [4.78, 5) is 4.61. The van der Waals surface area contributed by atoms with Crippen molar-refractivity contribution in [2.24, 2.45) is 4.99 Å². The topological polar surface area (TPSA) is 70.6 Å². The molecule has 2 rings (SSSR count). The zero-order valence-electron chi connectivity index (χ0n) is 14.3. The largest absolute Gasteiger partial charge is 0.357 e. The third-order valence-corrected chi connectivity index (χ3v) is 5.19. The van der Waals surface area contributed by atoms with Gasteiger partial charge in [-0.3, -0.25) is 4.99 Å². The molecular formula is C17H26FN3O2S. The Hall–Kier alpha value is -1.63. The second-order valence-electron chi connectivity index (χ2n) is 6.40. The molecule has 5 nitrogen and oxygen atoms in total. The van der Waals surface area contributed by atoms with E-state index in [0.29, 0.717) is 25.5 Å². The molecule has 1 fully saturated rings. The summed E-state index contributed by atoms with van der Waals surface area (Å²) in [5, 5.41) is 6.32. The number of aliphatic imine (C=N–C) groups is 1. The summed E-state index contributed by atoms with van der Waals surface area (Å²) < 4.78 is 35.7. The fraction of sp³-hybridized carbons (Fsp3) is 0.588. The van der Waals surface area contributed by atoms with E-state index in [2.05, 4.69) is 15.6 Å². The lowest BCUT2D eigenvalue weighted by atomic mass is 9.96. The van der Waals surface area contributed by atoms with Crippen LogP contribution in [0.1, 0.15) is 31.7 Å². The van der Waals surface area contributed by atoms with E-state index in [1.165, 1.54) is 12.3 Å². The minimum Gasteiger partial charge on any atom is -0.357 e. The van der Waals surface area contributed by atoms with Crippen LogP contribution in [0.2, 0.25) is 0 Å². The Balaban J connectivity index is 1.93. The summed E-state index contributed by atoms with van der Waals surface area (Å²) in [6, 6.07) is 6.74.